The summed E-state index contributed by atoms with van der Waals surface area (Å²) in [6, 6.07) is 8.14. The van der Waals surface area contributed by atoms with E-state index in [-0.39, 0.29) is 42.0 Å². The number of rotatable bonds is 7. The van der Waals surface area contributed by atoms with Gasteiger partial charge in [0, 0.05) is 24.2 Å². The minimum absolute atomic E-state index is 0. The Hall–Kier alpha value is -1.35. The van der Waals surface area contributed by atoms with Crippen molar-refractivity contribution in [2.75, 3.05) is 6.54 Å². The van der Waals surface area contributed by atoms with Gasteiger partial charge < -0.3 is 21.1 Å². The predicted octanol–water partition coefficient (Wildman–Crippen LogP) is 3.19. The lowest BCUT2D eigenvalue weighted by Gasteiger charge is -2.27. The molecule has 0 aliphatic heterocycles. The molecule has 1 aliphatic carbocycles. The van der Waals surface area contributed by atoms with Gasteiger partial charge in [0.1, 0.15) is 0 Å². The Morgan fingerprint density at radius 2 is 1.96 bits per heavy atom. The van der Waals surface area contributed by atoms with Crippen LogP contribution in [0, 0.1) is 0 Å². The van der Waals surface area contributed by atoms with E-state index >= 15 is 0 Å². The monoisotopic (exact) mass is 502 g/mol. The van der Waals surface area contributed by atoms with Gasteiger partial charge in [-0.2, -0.15) is 0 Å². The summed E-state index contributed by atoms with van der Waals surface area (Å²) in [4.78, 5) is 17.0. The van der Waals surface area contributed by atoms with Crippen LogP contribution >= 0.6 is 24.0 Å². The lowest BCUT2D eigenvalue weighted by Crippen LogP contribution is -2.45. The van der Waals surface area contributed by atoms with E-state index < -0.39 is 0 Å². The van der Waals surface area contributed by atoms with Gasteiger partial charge in [-0.25, -0.2) is 4.99 Å². The van der Waals surface area contributed by atoms with E-state index in [4.69, 9.17) is 0 Å². The number of guanidine groups is 1. The van der Waals surface area contributed by atoms with Gasteiger partial charge in [-0.05, 0) is 63.6 Å². The molecule has 0 saturated heterocycles. The fourth-order valence-corrected chi connectivity index (χ4v) is 3.12. The SMILES string of the molecule is CCNC(=NCc1cccc(C(=O)NC(C)CC)c1)NC1CCC(O)CC1.I. The van der Waals surface area contributed by atoms with Gasteiger partial charge in [0.2, 0.25) is 0 Å². The number of carbonyl (C=O) groups is 1. The van der Waals surface area contributed by atoms with Gasteiger partial charge in [0.25, 0.3) is 5.91 Å². The molecule has 0 radical (unpaired) electrons. The van der Waals surface area contributed by atoms with Crippen molar-refractivity contribution in [3.63, 3.8) is 0 Å². The molecule has 28 heavy (non-hydrogen) atoms. The molecule has 158 valence electrons. The number of aliphatic imine (C=N–C) groups is 1. The molecule has 0 aromatic heterocycles. The number of benzene rings is 1. The predicted molar refractivity (Wildman–Crippen MR) is 125 cm³/mol. The van der Waals surface area contributed by atoms with Crippen molar-refractivity contribution in [3.05, 3.63) is 35.4 Å². The molecule has 1 aromatic rings. The van der Waals surface area contributed by atoms with E-state index in [1.165, 1.54) is 0 Å². The number of halogens is 1. The number of aliphatic hydroxyl groups is 1. The second-order valence-electron chi connectivity index (χ2n) is 7.33. The number of amides is 1. The summed E-state index contributed by atoms with van der Waals surface area (Å²) in [5.74, 6) is 0.745. The number of carbonyl (C=O) groups excluding carboxylic acids is 1. The van der Waals surface area contributed by atoms with Gasteiger partial charge in [-0.1, -0.05) is 19.1 Å². The first kappa shape index (κ1) is 24.7. The second kappa shape index (κ2) is 13.0. The maximum absolute atomic E-state index is 12.3. The Labute approximate surface area is 186 Å². The molecule has 0 heterocycles. The minimum Gasteiger partial charge on any atom is -0.393 e. The Morgan fingerprint density at radius 1 is 1.25 bits per heavy atom. The zero-order valence-electron chi connectivity index (χ0n) is 17.2. The molecule has 1 amide bonds. The van der Waals surface area contributed by atoms with E-state index in [0.29, 0.717) is 18.2 Å². The lowest BCUT2D eigenvalue weighted by molar-refractivity contribution is 0.0939. The van der Waals surface area contributed by atoms with E-state index in [2.05, 4.69) is 27.9 Å². The van der Waals surface area contributed by atoms with E-state index in [1.54, 1.807) is 0 Å². The van der Waals surface area contributed by atoms with Crippen LogP contribution < -0.4 is 16.0 Å². The van der Waals surface area contributed by atoms with Crippen molar-refractivity contribution >= 4 is 35.8 Å². The highest BCUT2D eigenvalue weighted by molar-refractivity contribution is 14.0. The maximum atomic E-state index is 12.3. The molecule has 1 unspecified atom stereocenters. The molecule has 2 rings (SSSR count). The quantitative estimate of drug-likeness (QED) is 0.262. The van der Waals surface area contributed by atoms with Crippen LogP contribution in [0.5, 0.6) is 0 Å². The van der Waals surface area contributed by atoms with Gasteiger partial charge in [-0.3, -0.25) is 4.79 Å². The first-order valence-corrected chi connectivity index (χ1v) is 10.1. The van der Waals surface area contributed by atoms with Crippen LogP contribution in [0.4, 0.5) is 0 Å². The van der Waals surface area contributed by atoms with Gasteiger partial charge in [0.15, 0.2) is 5.96 Å². The van der Waals surface area contributed by atoms with Crippen molar-refractivity contribution in [3.8, 4) is 0 Å². The van der Waals surface area contributed by atoms with Gasteiger partial charge in [-0.15, -0.1) is 24.0 Å². The first-order valence-electron chi connectivity index (χ1n) is 10.1. The Kier molecular flexibility index (Phi) is 11.4. The van der Waals surface area contributed by atoms with E-state index in [0.717, 1.165) is 50.2 Å². The van der Waals surface area contributed by atoms with Crippen molar-refractivity contribution in [2.45, 2.75) is 77.6 Å². The highest BCUT2D eigenvalue weighted by Crippen LogP contribution is 2.18. The molecule has 1 aromatic carbocycles. The fourth-order valence-electron chi connectivity index (χ4n) is 3.12. The van der Waals surface area contributed by atoms with Crippen LogP contribution in [0.1, 0.15) is 68.8 Å². The fraction of sp³-hybridized carbons (Fsp3) is 0.619. The average molecular weight is 502 g/mol. The maximum Gasteiger partial charge on any atom is 0.251 e. The van der Waals surface area contributed by atoms with Gasteiger partial charge >= 0.3 is 0 Å². The van der Waals surface area contributed by atoms with Crippen LogP contribution in [0.3, 0.4) is 0 Å². The largest absolute Gasteiger partial charge is 0.393 e. The summed E-state index contributed by atoms with van der Waals surface area (Å²) in [6.45, 7) is 7.40. The Morgan fingerprint density at radius 3 is 2.61 bits per heavy atom. The molecule has 0 spiro atoms. The summed E-state index contributed by atoms with van der Waals surface area (Å²) in [5.41, 5.74) is 1.67. The van der Waals surface area contributed by atoms with Crippen molar-refractivity contribution < 1.29 is 9.90 Å². The summed E-state index contributed by atoms with van der Waals surface area (Å²) in [7, 11) is 0. The van der Waals surface area contributed by atoms with Crippen LogP contribution in [0.25, 0.3) is 0 Å². The number of hydrogen-bond acceptors (Lipinski definition) is 3. The summed E-state index contributed by atoms with van der Waals surface area (Å²) in [6.07, 6.45) is 4.33. The summed E-state index contributed by atoms with van der Waals surface area (Å²) < 4.78 is 0. The molecule has 6 nitrogen and oxygen atoms in total. The van der Waals surface area contributed by atoms with Crippen LogP contribution in [0.2, 0.25) is 0 Å². The average Bonchev–Trinajstić information content (AvgIpc) is 2.68. The van der Waals surface area contributed by atoms with Crippen LogP contribution in [-0.4, -0.2) is 41.7 Å². The summed E-state index contributed by atoms with van der Waals surface area (Å²) >= 11 is 0. The van der Waals surface area contributed by atoms with Gasteiger partial charge in [0.05, 0.1) is 12.6 Å². The topological polar surface area (TPSA) is 85.8 Å². The Bertz CT molecular complexity index is 631. The minimum atomic E-state index is -0.160. The molecule has 1 fully saturated rings. The third kappa shape index (κ3) is 8.34. The molecule has 0 bridgehead atoms. The third-order valence-corrected chi connectivity index (χ3v) is 4.98. The molecular weight excluding hydrogens is 467 g/mol. The lowest BCUT2D eigenvalue weighted by atomic mass is 9.93. The molecule has 1 atom stereocenters. The first-order chi connectivity index (χ1) is 13.0. The van der Waals surface area contributed by atoms with Crippen LogP contribution in [0.15, 0.2) is 29.3 Å². The van der Waals surface area contributed by atoms with Crippen molar-refractivity contribution in [1.29, 1.82) is 0 Å². The highest BCUT2D eigenvalue weighted by Gasteiger charge is 2.20. The van der Waals surface area contributed by atoms with Crippen molar-refractivity contribution in [1.82, 2.24) is 16.0 Å². The van der Waals surface area contributed by atoms with Crippen molar-refractivity contribution in [2.24, 2.45) is 4.99 Å². The molecular formula is C21H35IN4O2. The standard InChI is InChI=1S/C21H34N4O2.HI/c1-4-15(3)24-20(27)17-8-6-7-16(13-17)14-23-21(22-5-2)25-18-9-11-19(26)12-10-18;/h6-8,13,15,18-19,26H,4-5,9-12,14H2,1-3H3,(H,24,27)(H2,22,23,25);1H. The number of aliphatic hydroxyl groups excluding tert-OH is 1. The molecule has 1 saturated carbocycles. The van der Waals surface area contributed by atoms with E-state index in [9.17, 15) is 9.90 Å². The number of nitrogens with one attached hydrogen (secondary N) is 3. The molecule has 4 N–H and O–H groups in total. The number of hydrogen-bond donors (Lipinski definition) is 4. The zero-order chi connectivity index (χ0) is 19.6. The molecule has 7 heteroatoms. The van der Waals surface area contributed by atoms with Crippen LogP contribution in [-0.2, 0) is 6.54 Å². The summed E-state index contributed by atoms with van der Waals surface area (Å²) in [5, 5.41) is 19.4. The normalized spacial score (nSPS) is 20.6. The third-order valence-electron chi connectivity index (χ3n) is 4.98. The smallest absolute Gasteiger partial charge is 0.251 e. The Balaban J connectivity index is 0.00000392. The highest BCUT2D eigenvalue weighted by atomic mass is 127. The zero-order valence-corrected chi connectivity index (χ0v) is 19.5. The second-order valence-corrected chi connectivity index (χ2v) is 7.33. The molecule has 1 aliphatic rings. The number of nitrogens with zero attached hydrogens (tertiary/aromatic N) is 1. The van der Waals surface area contributed by atoms with E-state index in [1.807, 2.05) is 38.1 Å².